The van der Waals surface area contributed by atoms with Crippen LogP contribution in [0.3, 0.4) is 0 Å². The van der Waals surface area contributed by atoms with Crippen LogP contribution in [0, 0.1) is 11.8 Å². The third-order valence-electron chi connectivity index (χ3n) is 11.9. The summed E-state index contributed by atoms with van der Waals surface area (Å²) in [6.07, 6.45) is 1.93. The number of pyridine rings is 2. The highest BCUT2D eigenvalue weighted by molar-refractivity contribution is 5.95. The molecule has 2 unspecified atom stereocenters. The van der Waals surface area contributed by atoms with Crippen molar-refractivity contribution in [1.29, 1.82) is 0 Å². The number of ether oxygens (including phenoxy) is 6. The van der Waals surface area contributed by atoms with E-state index < -0.39 is 0 Å². The lowest BCUT2D eigenvalue weighted by molar-refractivity contribution is 0.0582. The molecule has 4 bridgehead atoms. The number of aromatic nitrogens is 2. The van der Waals surface area contributed by atoms with Gasteiger partial charge in [-0.2, -0.15) is 0 Å². The average molecular weight is 793 g/mol. The Balaban J connectivity index is 0.820. The zero-order valence-corrected chi connectivity index (χ0v) is 32.4. The molecule has 2 fully saturated rings. The van der Waals surface area contributed by atoms with Crippen molar-refractivity contribution in [3.63, 3.8) is 0 Å². The summed E-state index contributed by atoms with van der Waals surface area (Å²) >= 11 is 0. The molecule has 14 heteroatoms. The molecular formula is C44H48N4O10. The lowest BCUT2D eigenvalue weighted by Gasteiger charge is -2.42. The molecule has 304 valence electrons. The van der Waals surface area contributed by atoms with Gasteiger partial charge in [0.25, 0.3) is 22.9 Å². The summed E-state index contributed by atoms with van der Waals surface area (Å²) in [5, 5.41) is 0. The Labute approximate surface area is 335 Å². The fourth-order valence-corrected chi connectivity index (χ4v) is 9.28. The lowest BCUT2D eigenvalue weighted by atomic mass is 9.83. The Bertz CT molecular complexity index is 2130. The smallest absolute Gasteiger partial charge is 0.254 e. The van der Waals surface area contributed by atoms with Gasteiger partial charge in [0.15, 0.2) is 23.0 Å². The second kappa shape index (κ2) is 16.7. The van der Waals surface area contributed by atoms with E-state index in [-0.39, 0.29) is 99.5 Å². The van der Waals surface area contributed by atoms with Crippen LogP contribution in [0.25, 0.3) is 0 Å². The van der Waals surface area contributed by atoms with Gasteiger partial charge >= 0.3 is 0 Å². The molecule has 0 N–H and O–H groups in total. The second-order valence-electron chi connectivity index (χ2n) is 15.8. The van der Waals surface area contributed by atoms with Gasteiger partial charge in [-0.25, -0.2) is 0 Å². The van der Waals surface area contributed by atoms with Crippen LogP contribution in [0.15, 0.2) is 82.4 Å². The Hall–Kier alpha value is -5.60. The van der Waals surface area contributed by atoms with E-state index in [1.165, 1.54) is 0 Å². The van der Waals surface area contributed by atoms with Crippen LogP contribution in [0.1, 0.15) is 56.8 Å². The zero-order chi connectivity index (χ0) is 39.6. The van der Waals surface area contributed by atoms with Crippen LogP contribution in [-0.2, 0) is 22.6 Å². The van der Waals surface area contributed by atoms with E-state index in [0.29, 0.717) is 73.4 Å². The summed E-state index contributed by atoms with van der Waals surface area (Å²) < 4.78 is 39.8. The normalized spacial score (nSPS) is 23.4. The van der Waals surface area contributed by atoms with Gasteiger partial charge < -0.3 is 47.4 Å². The van der Waals surface area contributed by atoms with E-state index in [9.17, 15) is 19.2 Å². The largest absolute Gasteiger partial charge is 0.487 e. The van der Waals surface area contributed by atoms with E-state index in [2.05, 4.69) is 0 Å². The first-order valence-corrected chi connectivity index (χ1v) is 20.3. The third-order valence-corrected chi connectivity index (χ3v) is 11.9. The van der Waals surface area contributed by atoms with Gasteiger partial charge in [0.1, 0.15) is 26.4 Å². The Kier molecular flexibility index (Phi) is 10.9. The summed E-state index contributed by atoms with van der Waals surface area (Å²) in [5.74, 6) is 2.37. The molecule has 0 radical (unpaired) electrons. The fraction of sp³-hybridized carbons (Fsp3) is 0.455. The Morgan fingerprint density at radius 1 is 0.466 bits per heavy atom. The number of carbonyl (C=O) groups excluding carboxylic acids is 2. The van der Waals surface area contributed by atoms with Crippen molar-refractivity contribution in [3.8, 4) is 23.0 Å². The molecule has 4 atom stereocenters. The number of benzene rings is 2. The maximum atomic E-state index is 13.8. The molecule has 2 saturated heterocycles. The van der Waals surface area contributed by atoms with Gasteiger partial charge in [0.05, 0.1) is 26.4 Å². The van der Waals surface area contributed by atoms with Gasteiger partial charge in [-0.1, -0.05) is 12.1 Å². The number of hydrogen-bond acceptors (Lipinski definition) is 10. The molecule has 0 spiro atoms. The minimum Gasteiger partial charge on any atom is -0.487 e. The van der Waals surface area contributed by atoms with E-state index >= 15 is 0 Å². The number of amides is 2. The highest BCUT2D eigenvalue weighted by Crippen LogP contribution is 2.38. The molecule has 7 heterocycles. The van der Waals surface area contributed by atoms with E-state index in [1.54, 1.807) is 60.7 Å². The summed E-state index contributed by atoms with van der Waals surface area (Å²) in [4.78, 5) is 56.4. The minimum absolute atomic E-state index is 0.0148. The molecule has 0 saturated carbocycles. The minimum atomic E-state index is -0.0835. The molecule has 5 aliphatic rings. The lowest BCUT2D eigenvalue weighted by Crippen LogP contribution is -2.49. The second-order valence-corrected chi connectivity index (χ2v) is 15.8. The fourth-order valence-electron chi connectivity index (χ4n) is 9.28. The van der Waals surface area contributed by atoms with Crippen LogP contribution in [0.4, 0.5) is 0 Å². The molecule has 4 aromatic rings. The van der Waals surface area contributed by atoms with Crippen molar-refractivity contribution >= 4 is 11.8 Å². The standard InChI is InChI=1S/C44H48N4O10/c49-41-5-1-3-35-33-19-29(25-47(35)41)23-45(27-33)43(51)31-7-9-37-39(21-31)57-17-13-53-12-16-56-38-10-8-32(22-40(38)58-18-14-54-11-15-55-37)44(52)46-24-30-20-34(28-46)36-4-2-6-42(50)48(36)26-30/h1-10,21-22,29-30,33-34H,11-20,23-28H2/t29-,30?,33?,34+/m0/s1. The van der Waals surface area contributed by atoms with Crippen molar-refractivity contribution in [2.45, 2.75) is 37.8 Å². The summed E-state index contributed by atoms with van der Waals surface area (Å²) in [6, 6.07) is 21.3. The molecule has 14 nitrogen and oxygen atoms in total. The first-order valence-electron chi connectivity index (χ1n) is 20.3. The number of piperidine rings is 2. The molecular weight excluding hydrogens is 745 g/mol. The summed E-state index contributed by atoms with van der Waals surface area (Å²) in [6.45, 7) is 5.53. The SMILES string of the molecule is O=C(c1ccc2c(c1)OCCOCCOc1ccc(C(=O)N3CC4C[C@H](C3)c3cccc(=O)n3C4)cc1OCCOCCO2)N1CC2C[C@@H](C1)Cn1c2cccc1=O. The van der Waals surface area contributed by atoms with Crippen LogP contribution in [0.5, 0.6) is 23.0 Å². The maximum Gasteiger partial charge on any atom is 0.254 e. The van der Waals surface area contributed by atoms with Crippen molar-refractivity contribution in [3.05, 3.63) is 116 Å². The summed E-state index contributed by atoms with van der Waals surface area (Å²) in [5.41, 5.74) is 3.02. The average Bonchev–Trinajstić information content (AvgIpc) is 3.23. The molecule has 2 amide bonds. The highest BCUT2D eigenvalue weighted by atomic mass is 16.6. The van der Waals surface area contributed by atoms with E-state index in [1.807, 2.05) is 31.1 Å². The van der Waals surface area contributed by atoms with Gasteiger partial charge in [-0.05, 0) is 73.2 Å². The number of carbonyl (C=O) groups is 2. The number of likely N-dealkylation sites (tertiary alicyclic amines) is 2. The number of rotatable bonds is 2. The summed E-state index contributed by atoms with van der Waals surface area (Å²) in [7, 11) is 0. The molecule has 58 heavy (non-hydrogen) atoms. The van der Waals surface area contributed by atoms with Crippen molar-refractivity contribution < 1.29 is 38.0 Å². The van der Waals surface area contributed by atoms with Crippen LogP contribution >= 0.6 is 0 Å². The first-order chi connectivity index (χ1) is 28.4. The Morgan fingerprint density at radius 2 is 0.879 bits per heavy atom. The van der Waals surface area contributed by atoms with E-state index in [0.717, 1.165) is 24.2 Å². The van der Waals surface area contributed by atoms with Crippen LogP contribution < -0.4 is 30.1 Å². The van der Waals surface area contributed by atoms with Gasteiger partial charge in [-0.15, -0.1) is 0 Å². The highest BCUT2D eigenvalue weighted by Gasteiger charge is 2.38. The number of hydrogen-bond donors (Lipinski definition) is 0. The topological polar surface area (TPSA) is 140 Å². The molecule has 5 aliphatic heterocycles. The van der Waals surface area contributed by atoms with Crippen molar-refractivity contribution in [2.24, 2.45) is 11.8 Å². The Morgan fingerprint density at radius 3 is 1.31 bits per heavy atom. The molecule has 9 rings (SSSR count). The van der Waals surface area contributed by atoms with E-state index in [4.69, 9.17) is 28.4 Å². The van der Waals surface area contributed by atoms with Crippen molar-refractivity contribution in [1.82, 2.24) is 18.9 Å². The number of nitrogens with zero attached hydrogens (tertiary/aromatic N) is 4. The van der Waals surface area contributed by atoms with Gasteiger partial charge in [-0.3, -0.25) is 19.2 Å². The molecule has 2 aromatic heterocycles. The van der Waals surface area contributed by atoms with Gasteiger partial charge in [0.2, 0.25) is 0 Å². The third kappa shape index (κ3) is 7.95. The van der Waals surface area contributed by atoms with Crippen LogP contribution in [-0.4, -0.2) is 110 Å². The monoisotopic (exact) mass is 792 g/mol. The number of fused-ring (bicyclic) bond motifs is 10. The predicted molar refractivity (Wildman–Crippen MR) is 211 cm³/mol. The van der Waals surface area contributed by atoms with Gasteiger partial charge in [0, 0.05) is 85.8 Å². The van der Waals surface area contributed by atoms with Crippen molar-refractivity contribution in [2.75, 3.05) is 79.0 Å². The predicted octanol–water partition coefficient (Wildman–Crippen LogP) is 3.79. The quantitative estimate of drug-likeness (QED) is 0.295. The molecule has 2 aromatic carbocycles. The van der Waals surface area contributed by atoms with Crippen LogP contribution in [0.2, 0.25) is 0 Å². The first kappa shape index (κ1) is 37.9. The molecule has 0 aliphatic carbocycles. The maximum absolute atomic E-state index is 13.8. The zero-order valence-electron chi connectivity index (χ0n) is 32.4.